The SMILES string of the molecule is COc1cc(Cl)ccc1Oc1nc(C)cc(N)c1CO. The summed E-state index contributed by atoms with van der Waals surface area (Å²) >= 11 is 5.90. The number of rotatable bonds is 4. The molecule has 0 spiro atoms. The molecule has 106 valence electrons. The van der Waals surface area contributed by atoms with E-state index in [9.17, 15) is 5.11 Å². The Kier molecular flexibility index (Phi) is 4.32. The number of pyridine rings is 1. The highest BCUT2D eigenvalue weighted by molar-refractivity contribution is 6.30. The molecule has 0 amide bonds. The highest BCUT2D eigenvalue weighted by atomic mass is 35.5. The van der Waals surface area contributed by atoms with Gasteiger partial charge in [-0.15, -0.1) is 0 Å². The third kappa shape index (κ3) is 2.95. The summed E-state index contributed by atoms with van der Waals surface area (Å²) < 4.78 is 10.9. The summed E-state index contributed by atoms with van der Waals surface area (Å²) in [5.74, 6) is 1.18. The van der Waals surface area contributed by atoms with Gasteiger partial charge in [0.05, 0.1) is 19.3 Å². The van der Waals surface area contributed by atoms with Crippen LogP contribution in [0.25, 0.3) is 0 Å². The highest BCUT2D eigenvalue weighted by Crippen LogP contribution is 2.35. The van der Waals surface area contributed by atoms with Crippen LogP contribution in [-0.2, 0) is 6.61 Å². The molecule has 0 saturated carbocycles. The van der Waals surface area contributed by atoms with Crippen molar-refractivity contribution < 1.29 is 14.6 Å². The third-order valence-corrected chi connectivity index (χ3v) is 2.97. The summed E-state index contributed by atoms with van der Waals surface area (Å²) in [5, 5.41) is 9.92. The van der Waals surface area contributed by atoms with E-state index in [1.54, 1.807) is 31.2 Å². The van der Waals surface area contributed by atoms with Gasteiger partial charge in [0.2, 0.25) is 5.88 Å². The predicted molar refractivity (Wildman–Crippen MR) is 77.4 cm³/mol. The monoisotopic (exact) mass is 294 g/mol. The zero-order chi connectivity index (χ0) is 14.7. The van der Waals surface area contributed by atoms with Crippen LogP contribution in [0.5, 0.6) is 17.4 Å². The minimum atomic E-state index is -0.260. The van der Waals surface area contributed by atoms with Gasteiger partial charge in [-0.2, -0.15) is 0 Å². The Morgan fingerprint density at radius 1 is 1.30 bits per heavy atom. The van der Waals surface area contributed by atoms with Crippen molar-refractivity contribution in [3.8, 4) is 17.4 Å². The van der Waals surface area contributed by atoms with Gasteiger partial charge < -0.3 is 20.3 Å². The molecule has 0 fully saturated rings. The highest BCUT2D eigenvalue weighted by Gasteiger charge is 2.14. The molecule has 0 saturated heterocycles. The number of nitrogens with two attached hydrogens (primary N) is 1. The first kappa shape index (κ1) is 14.4. The fourth-order valence-electron chi connectivity index (χ4n) is 1.77. The lowest BCUT2D eigenvalue weighted by molar-refractivity contribution is 0.274. The molecule has 0 aliphatic rings. The number of hydrogen-bond acceptors (Lipinski definition) is 5. The fourth-order valence-corrected chi connectivity index (χ4v) is 1.93. The van der Waals surface area contributed by atoms with Crippen LogP contribution in [0.15, 0.2) is 24.3 Å². The molecule has 2 rings (SSSR count). The van der Waals surface area contributed by atoms with Gasteiger partial charge in [0, 0.05) is 22.5 Å². The number of aliphatic hydroxyl groups is 1. The van der Waals surface area contributed by atoms with Gasteiger partial charge in [-0.1, -0.05) is 11.6 Å². The molecule has 0 aliphatic carbocycles. The largest absolute Gasteiger partial charge is 0.493 e. The van der Waals surface area contributed by atoms with Crippen LogP contribution in [0, 0.1) is 6.92 Å². The quantitative estimate of drug-likeness (QED) is 0.906. The minimum absolute atomic E-state index is 0.255. The lowest BCUT2D eigenvalue weighted by atomic mass is 10.2. The molecule has 0 unspecified atom stereocenters. The smallest absolute Gasteiger partial charge is 0.227 e. The first-order valence-corrected chi connectivity index (χ1v) is 6.31. The maximum atomic E-state index is 9.39. The van der Waals surface area contributed by atoms with Gasteiger partial charge in [-0.25, -0.2) is 4.98 Å². The van der Waals surface area contributed by atoms with Gasteiger partial charge in [-0.05, 0) is 25.1 Å². The van der Waals surface area contributed by atoms with E-state index in [0.29, 0.717) is 33.5 Å². The second-order valence-corrected chi connectivity index (χ2v) is 4.63. The van der Waals surface area contributed by atoms with Gasteiger partial charge in [-0.3, -0.25) is 0 Å². The van der Waals surface area contributed by atoms with Crippen molar-refractivity contribution in [2.45, 2.75) is 13.5 Å². The number of aliphatic hydroxyl groups excluding tert-OH is 1. The number of benzene rings is 1. The summed E-state index contributed by atoms with van der Waals surface area (Å²) in [6.07, 6.45) is 0. The maximum Gasteiger partial charge on any atom is 0.227 e. The number of halogens is 1. The molecular weight excluding hydrogens is 280 g/mol. The van der Waals surface area contributed by atoms with Crippen LogP contribution in [0.4, 0.5) is 5.69 Å². The summed E-state index contributed by atoms with van der Waals surface area (Å²) in [5.41, 5.74) is 7.42. The molecule has 1 aromatic carbocycles. The van der Waals surface area contributed by atoms with Crippen molar-refractivity contribution >= 4 is 17.3 Å². The first-order valence-electron chi connectivity index (χ1n) is 5.93. The van der Waals surface area contributed by atoms with Gasteiger partial charge in [0.15, 0.2) is 11.5 Å². The Labute approximate surface area is 121 Å². The zero-order valence-corrected chi connectivity index (χ0v) is 11.9. The van der Waals surface area contributed by atoms with Gasteiger partial charge in [0.25, 0.3) is 0 Å². The standard InChI is InChI=1S/C14H15ClN2O3/c1-8-5-11(16)10(7-18)14(17-8)20-12-4-3-9(15)6-13(12)19-2/h3-6,18H,7H2,1-2H3,(H2,16,17). The Morgan fingerprint density at radius 3 is 2.70 bits per heavy atom. The summed E-state index contributed by atoms with van der Waals surface area (Å²) in [6.45, 7) is 1.54. The second kappa shape index (κ2) is 5.98. The molecule has 0 radical (unpaired) electrons. The topological polar surface area (TPSA) is 77.6 Å². The third-order valence-electron chi connectivity index (χ3n) is 2.74. The summed E-state index contributed by atoms with van der Waals surface area (Å²) in [7, 11) is 1.52. The molecule has 0 bridgehead atoms. The molecule has 2 aromatic rings. The fraction of sp³-hybridized carbons (Fsp3) is 0.214. The number of nitrogen functional groups attached to an aromatic ring is 1. The minimum Gasteiger partial charge on any atom is -0.493 e. The number of anilines is 1. The Bertz CT molecular complexity index is 632. The molecule has 0 atom stereocenters. The number of methoxy groups -OCH3 is 1. The van der Waals surface area contributed by atoms with Crippen LogP contribution >= 0.6 is 11.6 Å². The predicted octanol–water partition coefficient (Wildman–Crippen LogP) is 2.92. The zero-order valence-electron chi connectivity index (χ0n) is 11.2. The average Bonchev–Trinajstić information content (AvgIpc) is 2.40. The molecule has 3 N–H and O–H groups in total. The molecule has 1 heterocycles. The molecule has 0 aliphatic heterocycles. The summed E-state index contributed by atoms with van der Waals surface area (Å²) in [4.78, 5) is 4.25. The van der Waals surface area contributed by atoms with E-state index in [-0.39, 0.29) is 12.5 Å². The van der Waals surface area contributed by atoms with Crippen molar-refractivity contribution in [1.29, 1.82) is 0 Å². The van der Waals surface area contributed by atoms with Crippen LogP contribution in [0.1, 0.15) is 11.3 Å². The maximum absolute atomic E-state index is 9.39. The molecule has 6 heteroatoms. The summed E-state index contributed by atoms with van der Waals surface area (Å²) in [6, 6.07) is 6.66. The van der Waals surface area contributed by atoms with E-state index >= 15 is 0 Å². The van der Waals surface area contributed by atoms with Crippen molar-refractivity contribution in [3.05, 3.63) is 40.5 Å². The Morgan fingerprint density at radius 2 is 2.05 bits per heavy atom. The lowest BCUT2D eigenvalue weighted by Crippen LogP contribution is -2.02. The molecule has 20 heavy (non-hydrogen) atoms. The van der Waals surface area contributed by atoms with Gasteiger partial charge >= 0.3 is 0 Å². The number of hydrogen-bond donors (Lipinski definition) is 2. The Hall–Kier alpha value is -1.98. The number of nitrogens with zero attached hydrogens (tertiary/aromatic N) is 1. The number of aromatic nitrogens is 1. The van der Waals surface area contributed by atoms with Crippen molar-refractivity contribution in [2.75, 3.05) is 12.8 Å². The van der Waals surface area contributed by atoms with Crippen LogP contribution in [-0.4, -0.2) is 17.2 Å². The van der Waals surface area contributed by atoms with E-state index < -0.39 is 0 Å². The van der Waals surface area contributed by atoms with Crippen LogP contribution in [0.3, 0.4) is 0 Å². The molecular formula is C14H15ClN2O3. The van der Waals surface area contributed by atoms with E-state index in [0.717, 1.165) is 0 Å². The van der Waals surface area contributed by atoms with Crippen LogP contribution in [0.2, 0.25) is 5.02 Å². The average molecular weight is 295 g/mol. The first-order chi connectivity index (χ1) is 9.55. The normalized spacial score (nSPS) is 10.4. The van der Waals surface area contributed by atoms with Gasteiger partial charge in [0.1, 0.15) is 0 Å². The number of aryl methyl sites for hydroxylation is 1. The van der Waals surface area contributed by atoms with E-state index in [1.807, 2.05) is 0 Å². The van der Waals surface area contributed by atoms with Crippen LogP contribution < -0.4 is 15.2 Å². The molecule has 5 nitrogen and oxygen atoms in total. The molecule has 1 aromatic heterocycles. The lowest BCUT2D eigenvalue weighted by Gasteiger charge is -2.14. The van der Waals surface area contributed by atoms with Crippen molar-refractivity contribution in [3.63, 3.8) is 0 Å². The van der Waals surface area contributed by atoms with Crippen molar-refractivity contribution in [2.24, 2.45) is 0 Å². The van der Waals surface area contributed by atoms with E-state index in [1.165, 1.54) is 7.11 Å². The number of ether oxygens (including phenoxy) is 2. The second-order valence-electron chi connectivity index (χ2n) is 4.19. The Balaban J connectivity index is 2.44. The van der Waals surface area contributed by atoms with E-state index in [4.69, 9.17) is 26.8 Å². The van der Waals surface area contributed by atoms with E-state index in [2.05, 4.69) is 4.98 Å². The van der Waals surface area contributed by atoms with Crippen molar-refractivity contribution in [1.82, 2.24) is 4.98 Å².